The van der Waals surface area contributed by atoms with Crippen molar-refractivity contribution in [1.82, 2.24) is 9.97 Å². The van der Waals surface area contributed by atoms with E-state index in [0.29, 0.717) is 30.5 Å². The molecule has 2 rings (SSSR count). The average molecular weight is 543 g/mol. The Balaban J connectivity index is 0.000000382. The number of anilines is 1. The minimum absolute atomic E-state index is 0.0870. The Morgan fingerprint density at radius 1 is 0.974 bits per heavy atom. The van der Waals surface area contributed by atoms with E-state index < -0.39 is 22.3 Å². The number of esters is 2. The molecule has 0 aromatic carbocycles. The van der Waals surface area contributed by atoms with Crippen molar-refractivity contribution in [3.63, 3.8) is 0 Å². The molecule has 0 aliphatic heterocycles. The number of allylic oxidation sites excluding steroid dienone is 1. The molecule has 1 atom stereocenters. The maximum Gasteiger partial charge on any atom is 0.307 e. The first kappa shape index (κ1) is 32.5. The summed E-state index contributed by atoms with van der Waals surface area (Å²) in [6.07, 6.45) is 11.4. The van der Waals surface area contributed by atoms with Crippen molar-refractivity contribution in [2.24, 2.45) is 0 Å². The summed E-state index contributed by atoms with van der Waals surface area (Å²) in [4.78, 5) is 30.7. The number of nitrogens with two attached hydrogens (primary N) is 1. The highest BCUT2D eigenvalue weighted by Gasteiger charge is 2.15. The van der Waals surface area contributed by atoms with Crippen molar-refractivity contribution in [2.75, 3.05) is 5.73 Å². The van der Waals surface area contributed by atoms with E-state index in [1.807, 2.05) is 39.0 Å². The quantitative estimate of drug-likeness (QED) is 0.301. The number of nitrogens with zero attached hydrogens (tertiary/aromatic N) is 2. The predicted octanol–water partition coefficient (Wildman–Crippen LogP) is 4.59. The van der Waals surface area contributed by atoms with Crippen LogP contribution >= 0.6 is 0 Å². The van der Waals surface area contributed by atoms with Crippen LogP contribution in [0.25, 0.3) is 6.08 Å². The Hall–Kier alpha value is -3.55. The smallest absolute Gasteiger partial charge is 0.307 e. The van der Waals surface area contributed by atoms with Crippen molar-refractivity contribution in [3.8, 4) is 11.8 Å². The highest BCUT2D eigenvalue weighted by atomic mass is 32.2. The molecule has 2 aromatic heterocycles. The monoisotopic (exact) mass is 542 g/mol. The zero-order valence-electron chi connectivity index (χ0n) is 22.8. The molecular formula is C28H36N3O6S-. The number of ether oxygens (including phenoxy) is 2. The van der Waals surface area contributed by atoms with Gasteiger partial charge in [-0.15, -0.1) is 0 Å². The molecule has 0 fully saturated rings. The Kier molecular flexibility index (Phi) is 13.4. The van der Waals surface area contributed by atoms with Crippen LogP contribution in [0.4, 0.5) is 5.69 Å². The molecule has 2 heterocycles. The van der Waals surface area contributed by atoms with Crippen LogP contribution in [0.15, 0.2) is 47.9 Å². The van der Waals surface area contributed by atoms with Crippen molar-refractivity contribution >= 4 is 34.8 Å². The molecule has 0 spiro atoms. The van der Waals surface area contributed by atoms with E-state index in [-0.39, 0.29) is 23.3 Å². The molecule has 0 radical (unpaired) electrons. The third-order valence-corrected chi connectivity index (χ3v) is 4.65. The van der Waals surface area contributed by atoms with Crippen LogP contribution in [0.3, 0.4) is 0 Å². The molecule has 206 valence electrons. The van der Waals surface area contributed by atoms with E-state index in [4.69, 9.17) is 15.2 Å². The Labute approximate surface area is 227 Å². The summed E-state index contributed by atoms with van der Waals surface area (Å²) in [5, 5.41) is 0. The van der Waals surface area contributed by atoms with E-state index in [9.17, 15) is 18.4 Å². The largest absolute Gasteiger partial charge is 0.768 e. The number of carbonyl (C=O) groups excluding carboxylic acids is 2. The van der Waals surface area contributed by atoms with Gasteiger partial charge in [-0.1, -0.05) is 24.0 Å². The number of rotatable bonds is 7. The molecule has 0 saturated heterocycles. The van der Waals surface area contributed by atoms with Crippen LogP contribution < -0.4 is 5.73 Å². The van der Waals surface area contributed by atoms with Gasteiger partial charge in [-0.3, -0.25) is 23.8 Å². The zero-order chi connectivity index (χ0) is 28.8. The van der Waals surface area contributed by atoms with Crippen LogP contribution in [-0.2, 0) is 30.1 Å². The van der Waals surface area contributed by atoms with E-state index in [1.165, 1.54) is 18.5 Å². The number of aromatic nitrogens is 2. The lowest BCUT2D eigenvalue weighted by Gasteiger charge is -2.19. The molecule has 0 amide bonds. The van der Waals surface area contributed by atoms with E-state index >= 15 is 0 Å². The molecule has 0 saturated carbocycles. The number of hydrogen-bond acceptors (Lipinski definition) is 9. The highest BCUT2D eigenvalue weighted by Crippen LogP contribution is 2.11. The van der Waals surface area contributed by atoms with Gasteiger partial charge in [0.15, 0.2) is 0 Å². The maximum atomic E-state index is 11.4. The minimum Gasteiger partial charge on any atom is -0.768 e. The van der Waals surface area contributed by atoms with E-state index in [1.54, 1.807) is 33.2 Å². The fraction of sp³-hybridized carbons (Fsp3) is 0.429. The van der Waals surface area contributed by atoms with Gasteiger partial charge in [0.25, 0.3) is 0 Å². The summed E-state index contributed by atoms with van der Waals surface area (Å²) in [7, 11) is 0. The first-order valence-corrected chi connectivity index (χ1v) is 13.1. The van der Waals surface area contributed by atoms with E-state index in [2.05, 4.69) is 21.8 Å². The fourth-order valence-electron chi connectivity index (χ4n) is 2.68. The number of hydrogen-bond donors (Lipinski definition) is 1. The lowest BCUT2D eigenvalue weighted by atomic mass is 10.2. The van der Waals surface area contributed by atoms with Gasteiger partial charge in [-0.2, -0.15) is 0 Å². The standard InChI is InChI=1S/C14H20N2O2.C14H17NO4S/c1-14(2,3)18-13(17)7-5-4-6-11-8-12(15)10-16-9-11;1-14(2,3)19-13(16)7-5-4-6-11-8-12(20(17)18)10-15-9-11/h4,6,8-10H,5,7,15H2,1-3H3;8-10H,5,7H2,1-3H3,(H,17,18)/p-1/b6-4-;. The van der Waals surface area contributed by atoms with Crippen molar-refractivity contribution in [1.29, 1.82) is 0 Å². The average Bonchev–Trinajstić information content (AvgIpc) is 2.78. The van der Waals surface area contributed by atoms with Gasteiger partial charge in [0.2, 0.25) is 0 Å². The molecule has 0 aliphatic carbocycles. The topological polar surface area (TPSA) is 145 Å². The number of nitrogen functional groups attached to an aromatic ring is 1. The Bertz CT molecular complexity index is 1190. The van der Waals surface area contributed by atoms with E-state index in [0.717, 1.165) is 5.56 Å². The van der Waals surface area contributed by atoms with Gasteiger partial charge in [0.05, 0.1) is 12.1 Å². The predicted molar refractivity (Wildman–Crippen MR) is 146 cm³/mol. The second-order valence-electron chi connectivity index (χ2n) is 10.1. The molecule has 2 N–H and O–H groups in total. The molecule has 10 heteroatoms. The lowest BCUT2D eigenvalue weighted by molar-refractivity contribution is -0.155. The van der Waals surface area contributed by atoms with Crippen LogP contribution in [0.5, 0.6) is 0 Å². The number of carbonyl (C=O) groups is 2. The highest BCUT2D eigenvalue weighted by molar-refractivity contribution is 7.79. The van der Waals surface area contributed by atoms with Gasteiger partial charge in [0.1, 0.15) is 11.2 Å². The second-order valence-corrected chi connectivity index (χ2v) is 11.1. The molecule has 2 aromatic rings. The first-order chi connectivity index (χ1) is 17.6. The fourth-order valence-corrected chi connectivity index (χ4v) is 3.05. The third-order valence-electron chi connectivity index (χ3n) is 4.04. The van der Waals surface area contributed by atoms with Crippen LogP contribution in [-0.4, -0.2) is 41.9 Å². The first-order valence-electron chi connectivity index (χ1n) is 12.0. The summed E-state index contributed by atoms with van der Waals surface area (Å²) in [5.41, 5.74) is 6.75. The molecule has 9 nitrogen and oxygen atoms in total. The maximum absolute atomic E-state index is 11.4. The SMILES string of the molecule is CC(C)(C)OC(=O)CC/C=C\c1cncc(N)c1.CC(C)(C)OC(=O)CCC#Cc1cncc(S(=O)[O-])c1. The second kappa shape index (κ2) is 15.6. The van der Waals surface area contributed by atoms with Crippen LogP contribution in [0, 0.1) is 11.8 Å². The summed E-state index contributed by atoms with van der Waals surface area (Å²) in [6.45, 7) is 11.0. The van der Waals surface area contributed by atoms with Gasteiger partial charge >= 0.3 is 11.9 Å². The summed E-state index contributed by atoms with van der Waals surface area (Å²) < 4.78 is 31.9. The molecule has 0 aliphatic rings. The van der Waals surface area contributed by atoms with Crippen molar-refractivity contribution in [2.45, 2.75) is 83.3 Å². The van der Waals surface area contributed by atoms with Crippen molar-refractivity contribution < 1.29 is 27.8 Å². The van der Waals surface area contributed by atoms with Crippen molar-refractivity contribution in [3.05, 3.63) is 54.1 Å². The van der Waals surface area contributed by atoms with Crippen LogP contribution in [0.2, 0.25) is 0 Å². The van der Waals surface area contributed by atoms with Gasteiger partial charge in [-0.25, -0.2) is 0 Å². The third kappa shape index (κ3) is 16.2. The Morgan fingerprint density at radius 3 is 2.16 bits per heavy atom. The van der Waals surface area contributed by atoms with Crippen LogP contribution in [0.1, 0.15) is 78.4 Å². The normalized spacial score (nSPS) is 12.0. The molecule has 38 heavy (non-hydrogen) atoms. The number of pyridine rings is 2. The summed E-state index contributed by atoms with van der Waals surface area (Å²) >= 11 is -2.32. The molecule has 0 bridgehead atoms. The lowest BCUT2D eigenvalue weighted by Crippen LogP contribution is -2.23. The van der Waals surface area contributed by atoms with Gasteiger partial charge in [-0.05, 0) is 76.7 Å². The summed E-state index contributed by atoms with van der Waals surface area (Å²) in [6, 6.07) is 3.26. The van der Waals surface area contributed by atoms with Gasteiger partial charge in [0, 0.05) is 48.1 Å². The summed E-state index contributed by atoms with van der Waals surface area (Å²) in [5.74, 6) is 5.07. The van der Waals surface area contributed by atoms with Gasteiger partial charge < -0.3 is 19.8 Å². The minimum atomic E-state index is -2.32. The molecular weight excluding hydrogens is 506 g/mol. The molecule has 1 unspecified atom stereocenters. The zero-order valence-corrected chi connectivity index (χ0v) is 23.6. The Morgan fingerprint density at radius 2 is 1.58 bits per heavy atom.